The van der Waals surface area contributed by atoms with Gasteiger partial charge in [-0.25, -0.2) is 4.79 Å². The maximum atomic E-state index is 10.8. The summed E-state index contributed by atoms with van der Waals surface area (Å²) in [5.41, 5.74) is 0.671. The van der Waals surface area contributed by atoms with Crippen LogP contribution in [0.4, 0.5) is 0 Å². The van der Waals surface area contributed by atoms with E-state index in [0.29, 0.717) is 11.8 Å². The summed E-state index contributed by atoms with van der Waals surface area (Å²) in [6.07, 6.45) is 0.644. The standard InChI is InChI=1S/C8H5ClO3/c9-12-8(11)7-3-1-2-6(4-7)5-10/h1-5H. The first kappa shape index (κ1) is 8.74. The Kier molecular flexibility index (Phi) is 2.82. The molecule has 1 aromatic carbocycles. The fraction of sp³-hybridized carbons (Fsp3) is 0. The molecule has 0 saturated heterocycles. The van der Waals surface area contributed by atoms with Gasteiger partial charge < -0.3 is 4.29 Å². The number of halogens is 1. The minimum atomic E-state index is -0.666. The van der Waals surface area contributed by atoms with Gasteiger partial charge in [0.15, 0.2) is 0 Å². The fourth-order valence-electron chi connectivity index (χ4n) is 0.783. The van der Waals surface area contributed by atoms with Gasteiger partial charge in [0, 0.05) is 5.56 Å². The summed E-state index contributed by atoms with van der Waals surface area (Å²) in [5.74, 6) is -0.666. The first-order valence-electron chi connectivity index (χ1n) is 3.16. The second-order valence-corrected chi connectivity index (χ2v) is 2.26. The molecule has 1 aromatic rings. The molecule has 1 rings (SSSR count). The van der Waals surface area contributed by atoms with Crippen molar-refractivity contribution in [3.63, 3.8) is 0 Å². The monoisotopic (exact) mass is 184 g/mol. The number of benzene rings is 1. The van der Waals surface area contributed by atoms with Crippen LogP contribution in [0.5, 0.6) is 0 Å². The molecule has 0 aliphatic rings. The van der Waals surface area contributed by atoms with Crippen molar-refractivity contribution in [3.05, 3.63) is 35.4 Å². The molecule has 0 aliphatic carbocycles. The largest absolute Gasteiger partial charge is 0.356 e. The summed E-state index contributed by atoms with van der Waals surface area (Å²) in [4.78, 5) is 21.1. The number of hydrogen-bond acceptors (Lipinski definition) is 3. The number of carbonyl (C=O) groups excluding carboxylic acids is 2. The van der Waals surface area contributed by atoms with Crippen LogP contribution >= 0.6 is 11.9 Å². The molecule has 0 heterocycles. The van der Waals surface area contributed by atoms with Crippen molar-refractivity contribution in [3.8, 4) is 0 Å². The van der Waals surface area contributed by atoms with Gasteiger partial charge in [0.1, 0.15) is 18.2 Å². The van der Waals surface area contributed by atoms with Crippen molar-refractivity contribution < 1.29 is 13.9 Å². The first-order valence-corrected chi connectivity index (χ1v) is 3.47. The van der Waals surface area contributed by atoms with Gasteiger partial charge >= 0.3 is 5.97 Å². The van der Waals surface area contributed by atoms with Crippen molar-refractivity contribution in [1.82, 2.24) is 0 Å². The lowest BCUT2D eigenvalue weighted by molar-refractivity contribution is 0.0751. The predicted molar refractivity (Wildman–Crippen MR) is 43.1 cm³/mol. The first-order chi connectivity index (χ1) is 5.77. The highest BCUT2D eigenvalue weighted by Gasteiger charge is 2.05. The van der Waals surface area contributed by atoms with Crippen LogP contribution in [0.2, 0.25) is 0 Å². The third kappa shape index (κ3) is 1.83. The maximum Gasteiger partial charge on any atom is 0.356 e. The van der Waals surface area contributed by atoms with Crippen LogP contribution in [0.3, 0.4) is 0 Å². The molecule has 0 fully saturated rings. The Morgan fingerprint density at radius 3 is 2.83 bits per heavy atom. The van der Waals surface area contributed by atoms with E-state index in [1.807, 2.05) is 0 Å². The summed E-state index contributed by atoms with van der Waals surface area (Å²) >= 11 is 4.84. The van der Waals surface area contributed by atoms with E-state index < -0.39 is 5.97 Å². The van der Waals surface area contributed by atoms with E-state index in [0.717, 1.165) is 0 Å². The Hall–Kier alpha value is -1.35. The molecule has 12 heavy (non-hydrogen) atoms. The van der Waals surface area contributed by atoms with E-state index in [4.69, 9.17) is 11.9 Å². The maximum absolute atomic E-state index is 10.8. The summed E-state index contributed by atoms with van der Waals surface area (Å²) in [5, 5.41) is 0. The lowest BCUT2D eigenvalue weighted by Crippen LogP contribution is -1.98. The highest BCUT2D eigenvalue weighted by Crippen LogP contribution is 2.05. The van der Waals surface area contributed by atoms with Crippen LogP contribution in [0, 0.1) is 0 Å². The number of rotatable bonds is 2. The zero-order valence-electron chi connectivity index (χ0n) is 5.99. The normalized spacial score (nSPS) is 9.08. The minimum Gasteiger partial charge on any atom is -0.343 e. The molecule has 0 aromatic heterocycles. The van der Waals surface area contributed by atoms with E-state index in [9.17, 15) is 9.59 Å². The molecule has 4 heteroatoms. The van der Waals surface area contributed by atoms with Crippen molar-refractivity contribution in [2.45, 2.75) is 0 Å². The Morgan fingerprint density at radius 1 is 1.50 bits per heavy atom. The third-order valence-corrected chi connectivity index (χ3v) is 1.47. The smallest absolute Gasteiger partial charge is 0.343 e. The minimum absolute atomic E-state index is 0.259. The SMILES string of the molecule is O=Cc1cccc(C(=O)OCl)c1. The molecular weight excluding hydrogens is 180 g/mol. The van der Waals surface area contributed by atoms with Crippen molar-refractivity contribution in [2.75, 3.05) is 0 Å². The number of carbonyl (C=O) groups is 2. The molecule has 0 saturated carbocycles. The Bertz CT molecular complexity index is 309. The third-order valence-electron chi connectivity index (χ3n) is 1.33. The zero-order chi connectivity index (χ0) is 8.97. The highest BCUT2D eigenvalue weighted by atomic mass is 35.5. The Morgan fingerprint density at radius 2 is 2.25 bits per heavy atom. The summed E-state index contributed by atoms with van der Waals surface area (Å²) in [6, 6.07) is 6.07. The van der Waals surface area contributed by atoms with Crippen LogP contribution in [0.25, 0.3) is 0 Å². The van der Waals surface area contributed by atoms with Gasteiger partial charge in [-0.15, -0.1) is 0 Å². The van der Waals surface area contributed by atoms with Gasteiger partial charge in [-0.3, -0.25) is 4.79 Å². The summed E-state index contributed by atoms with van der Waals surface area (Å²) in [7, 11) is 0. The van der Waals surface area contributed by atoms with Crippen LogP contribution in [-0.2, 0) is 4.29 Å². The highest BCUT2D eigenvalue weighted by molar-refractivity contribution is 6.15. The zero-order valence-corrected chi connectivity index (χ0v) is 6.75. The second kappa shape index (κ2) is 3.88. The van der Waals surface area contributed by atoms with Gasteiger partial charge in [-0.2, -0.15) is 0 Å². The van der Waals surface area contributed by atoms with E-state index in [2.05, 4.69) is 4.29 Å². The molecule has 0 bridgehead atoms. The van der Waals surface area contributed by atoms with Gasteiger partial charge in [0.05, 0.1) is 5.56 Å². The van der Waals surface area contributed by atoms with Crippen LogP contribution < -0.4 is 0 Å². The lowest BCUT2D eigenvalue weighted by atomic mass is 10.1. The van der Waals surface area contributed by atoms with Crippen LogP contribution in [0.15, 0.2) is 24.3 Å². The average molecular weight is 185 g/mol. The molecular formula is C8H5ClO3. The van der Waals surface area contributed by atoms with E-state index >= 15 is 0 Å². The topological polar surface area (TPSA) is 43.4 Å². The van der Waals surface area contributed by atoms with Crippen molar-refractivity contribution >= 4 is 24.1 Å². The predicted octanol–water partition coefficient (Wildman–Crippen LogP) is 1.81. The fourth-order valence-corrected chi connectivity index (χ4v) is 0.873. The molecule has 0 aliphatic heterocycles. The lowest BCUT2D eigenvalue weighted by Gasteiger charge is -1.95. The van der Waals surface area contributed by atoms with Crippen molar-refractivity contribution in [1.29, 1.82) is 0 Å². The molecule has 0 atom stereocenters. The Labute approximate surface area is 74.1 Å². The van der Waals surface area contributed by atoms with Gasteiger partial charge in [-0.1, -0.05) is 12.1 Å². The number of hydrogen-bond donors (Lipinski definition) is 0. The molecule has 0 N–H and O–H groups in total. The molecule has 0 amide bonds. The summed E-state index contributed by atoms with van der Waals surface area (Å²) in [6.45, 7) is 0. The van der Waals surface area contributed by atoms with Gasteiger partial charge in [0.25, 0.3) is 0 Å². The quantitative estimate of drug-likeness (QED) is 0.659. The van der Waals surface area contributed by atoms with Crippen LogP contribution in [0.1, 0.15) is 20.7 Å². The Balaban J connectivity index is 3.01. The van der Waals surface area contributed by atoms with Gasteiger partial charge in [-0.05, 0) is 12.1 Å². The van der Waals surface area contributed by atoms with Crippen LogP contribution in [-0.4, -0.2) is 12.3 Å². The molecule has 3 nitrogen and oxygen atoms in total. The summed E-state index contributed by atoms with van der Waals surface area (Å²) < 4.78 is 3.95. The molecule has 0 radical (unpaired) electrons. The van der Waals surface area contributed by atoms with Gasteiger partial charge in [0.2, 0.25) is 0 Å². The molecule has 0 unspecified atom stereocenters. The second-order valence-electron chi connectivity index (χ2n) is 2.11. The van der Waals surface area contributed by atoms with Crippen molar-refractivity contribution in [2.24, 2.45) is 0 Å². The molecule has 0 spiro atoms. The van der Waals surface area contributed by atoms with E-state index in [1.54, 1.807) is 12.1 Å². The van der Waals surface area contributed by atoms with E-state index in [1.165, 1.54) is 12.1 Å². The average Bonchev–Trinajstić information content (AvgIpc) is 2.17. The van der Waals surface area contributed by atoms with E-state index in [-0.39, 0.29) is 5.56 Å². The number of aldehydes is 1. The molecule has 62 valence electrons.